The molecule has 6 nitrogen and oxygen atoms in total. The third-order valence-electron chi connectivity index (χ3n) is 5.74. The van der Waals surface area contributed by atoms with Crippen molar-refractivity contribution in [1.29, 1.82) is 0 Å². The van der Waals surface area contributed by atoms with Gasteiger partial charge in [-0.05, 0) is 52.9 Å². The van der Waals surface area contributed by atoms with Gasteiger partial charge in [0.15, 0.2) is 17.6 Å². The van der Waals surface area contributed by atoms with Crippen LogP contribution in [0.1, 0.15) is 28.4 Å². The minimum Gasteiger partial charge on any atom is -0.485 e. The fourth-order valence-corrected chi connectivity index (χ4v) is 4.17. The quantitative estimate of drug-likeness (QED) is 0.485. The predicted molar refractivity (Wildman–Crippen MR) is 115 cm³/mol. The highest BCUT2D eigenvalue weighted by Gasteiger charge is 2.22. The summed E-state index contributed by atoms with van der Waals surface area (Å²) in [5, 5.41) is 8.83. The van der Waals surface area contributed by atoms with Gasteiger partial charge in [-0.15, -0.1) is 0 Å². The van der Waals surface area contributed by atoms with Gasteiger partial charge in [0.2, 0.25) is 0 Å². The van der Waals surface area contributed by atoms with E-state index in [9.17, 15) is 4.79 Å². The monoisotopic (exact) mass is 417 g/mol. The van der Waals surface area contributed by atoms with E-state index in [1.54, 1.807) is 6.07 Å². The van der Waals surface area contributed by atoms with Gasteiger partial charge in [0.25, 0.3) is 0 Å². The number of ether oxygens (including phenoxy) is 3. The molecule has 0 aromatic heterocycles. The molecular weight excluding hydrogens is 394 g/mol. The van der Waals surface area contributed by atoms with E-state index in [0.29, 0.717) is 12.4 Å². The molecule has 1 N–H and O–H groups in total. The molecule has 0 saturated carbocycles. The highest BCUT2D eigenvalue weighted by Crippen LogP contribution is 2.36. The maximum atomic E-state index is 10.8. The first kappa shape index (κ1) is 19.5. The van der Waals surface area contributed by atoms with Crippen LogP contribution in [0.2, 0.25) is 0 Å². The summed E-state index contributed by atoms with van der Waals surface area (Å²) in [6, 6.07) is 21.7. The normalized spacial score (nSPS) is 17.6. The molecule has 0 spiro atoms. The maximum absolute atomic E-state index is 10.8. The smallest absolute Gasteiger partial charge is 0.485 e. The summed E-state index contributed by atoms with van der Waals surface area (Å²) in [5.41, 5.74) is 4.69. The number of hydrogen-bond donors (Lipinski definition) is 1. The number of para-hydroxylation sites is 2. The summed E-state index contributed by atoms with van der Waals surface area (Å²) in [7, 11) is 0. The zero-order valence-corrected chi connectivity index (χ0v) is 17.0. The fourth-order valence-electron chi connectivity index (χ4n) is 4.17. The molecule has 3 aromatic carbocycles. The molecule has 1 atom stereocenters. The SMILES string of the molecule is O=C(O)Oc1ccc2c(c1)CN(Cc1ccc([C@H]3COc4ccccc4O3)cc1)CC2. The van der Waals surface area contributed by atoms with Crippen molar-refractivity contribution in [2.45, 2.75) is 25.6 Å². The van der Waals surface area contributed by atoms with E-state index in [1.807, 2.05) is 36.4 Å². The van der Waals surface area contributed by atoms with E-state index in [2.05, 4.69) is 29.2 Å². The summed E-state index contributed by atoms with van der Waals surface area (Å²) in [6.07, 6.45) is -0.463. The molecule has 0 amide bonds. The van der Waals surface area contributed by atoms with Gasteiger partial charge in [0.05, 0.1) is 0 Å². The Kier molecular flexibility index (Phi) is 5.22. The molecule has 0 unspecified atom stereocenters. The van der Waals surface area contributed by atoms with Crippen LogP contribution in [0.5, 0.6) is 17.2 Å². The first-order valence-corrected chi connectivity index (χ1v) is 10.4. The number of hydrogen-bond acceptors (Lipinski definition) is 5. The second kappa shape index (κ2) is 8.32. The van der Waals surface area contributed by atoms with E-state index in [4.69, 9.17) is 19.3 Å². The first-order chi connectivity index (χ1) is 15.1. The Balaban J connectivity index is 1.23. The number of nitrogens with zero attached hydrogens (tertiary/aromatic N) is 1. The van der Waals surface area contributed by atoms with Crippen LogP contribution in [0.25, 0.3) is 0 Å². The standard InChI is InChI=1S/C25H23NO5/c27-25(28)30-21-10-9-18-11-12-26(15-20(18)13-21)14-17-5-7-19(8-6-17)24-16-29-22-3-1-2-4-23(22)31-24/h1-10,13,24H,11-12,14-16H2,(H,27,28)/t24-/m1/s1. The summed E-state index contributed by atoms with van der Waals surface area (Å²) < 4.78 is 16.7. The van der Waals surface area contributed by atoms with Crippen molar-refractivity contribution in [1.82, 2.24) is 4.90 Å². The lowest BCUT2D eigenvalue weighted by atomic mass is 9.98. The Morgan fingerprint density at radius 1 is 1.03 bits per heavy atom. The zero-order valence-electron chi connectivity index (χ0n) is 17.0. The van der Waals surface area contributed by atoms with Crippen molar-refractivity contribution in [3.63, 3.8) is 0 Å². The lowest BCUT2D eigenvalue weighted by molar-refractivity contribution is 0.0913. The third-order valence-corrected chi connectivity index (χ3v) is 5.74. The lowest BCUT2D eigenvalue weighted by Crippen LogP contribution is -2.30. The molecule has 0 fully saturated rings. The summed E-state index contributed by atoms with van der Waals surface area (Å²) in [4.78, 5) is 13.2. The molecule has 0 aliphatic carbocycles. The van der Waals surface area contributed by atoms with Crippen molar-refractivity contribution >= 4 is 6.16 Å². The van der Waals surface area contributed by atoms with Gasteiger partial charge < -0.3 is 19.3 Å². The van der Waals surface area contributed by atoms with Crippen LogP contribution in [0.15, 0.2) is 66.7 Å². The van der Waals surface area contributed by atoms with E-state index in [-0.39, 0.29) is 6.10 Å². The summed E-state index contributed by atoms with van der Waals surface area (Å²) in [6.45, 7) is 3.06. The molecule has 2 aliphatic heterocycles. The maximum Gasteiger partial charge on any atom is 0.511 e. The number of fused-ring (bicyclic) bond motifs is 2. The fraction of sp³-hybridized carbons (Fsp3) is 0.240. The first-order valence-electron chi connectivity index (χ1n) is 10.4. The minimum atomic E-state index is -1.29. The Hall–Kier alpha value is -3.51. The Bertz CT molecular complexity index is 1100. The van der Waals surface area contributed by atoms with Crippen molar-refractivity contribution in [2.24, 2.45) is 0 Å². The number of benzene rings is 3. The van der Waals surface area contributed by atoms with E-state index in [1.165, 1.54) is 11.1 Å². The molecule has 0 saturated heterocycles. The Labute approximate surface area is 180 Å². The van der Waals surface area contributed by atoms with Crippen LogP contribution in [-0.4, -0.2) is 29.3 Å². The van der Waals surface area contributed by atoms with Crippen molar-refractivity contribution in [2.75, 3.05) is 13.2 Å². The molecule has 158 valence electrons. The number of rotatable bonds is 4. The van der Waals surface area contributed by atoms with E-state index >= 15 is 0 Å². The molecule has 2 aliphatic rings. The predicted octanol–water partition coefficient (Wildman–Crippen LogP) is 4.81. The largest absolute Gasteiger partial charge is 0.511 e. The molecule has 5 rings (SSSR count). The third kappa shape index (κ3) is 4.34. The Morgan fingerprint density at radius 3 is 2.65 bits per heavy atom. The molecule has 2 heterocycles. The summed E-state index contributed by atoms with van der Waals surface area (Å²) in [5.74, 6) is 1.94. The van der Waals surface area contributed by atoms with Gasteiger partial charge in [-0.2, -0.15) is 0 Å². The van der Waals surface area contributed by atoms with Gasteiger partial charge in [-0.1, -0.05) is 42.5 Å². The van der Waals surface area contributed by atoms with Crippen LogP contribution in [-0.2, 0) is 19.5 Å². The van der Waals surface area contributed by atoms with Gasteiger partial charge in [-0.25, -0.2) is 4.79 Å². The van der Waals surface area contributed by atoms with Crippen LogP contribution in [0.3, 0.4) is 0 Å². The second-order valence-electron chi connectivity index (χ2n) is 7.86. The van der Waals surface area contributed by atoms with E-state index < -0.39 is 6.16 Å². The molecular formula is C25H23NO5. The molecule has 0 radical (unpaired) electrons. The van der Waals surface area contributed by atoms with Crippen LogP contribution >= 0.6 is 0 Å². The second-order valence-corrected chi connectivity index (χ2v) is 7.86. The highest BCUT2D eigenvalue weighted by atomic mass is 16.7. The molecule has 0 bridgehead atoms. The molecule has 3 aromatic rings. The zero-order chi connectivity index (χ0) is 21.2. The average molecular weight is 417 g/mol. The van der Waals surface area contributed by atoms with Crippen LogP contribution in [0.4, 0.5) is 4.79 Å². The van der Waals surface area contributed by atoms with Gasteiger partial charge in [0, 0.05) is 19.6 Å². The van der Waals surface area contributed by atoms with Gasteiger partial charge in [0.1, 0.15) is 12.4 Å². The molecule has 6 heteroatoms. The topological polar surface area (TPSA) is 68.2 Å². The molecule has 31 heavy (non-hydrogen) atoms. The number of carbonyl (C=O) groups is 1. The summed E-state index contributed by atoms with van der Waals surface area (Å²) >= 11 is 0. The van der Waals surface area contributed by atoms with Gasteiger partial charge >= 0.3 is 6.16 Å². The van der Waals surface area contributed by atoms with Crippen molar-refractivity contribution in [3.8, 4) is 17.2 Å². The van der Waals surface area contributed by atoms with Crippen molar-refractivity contribution in [3.05, 3.63) is 89.0 Å². The van der Waals surface area contributed by atoms with Crippen molar-refractivity contribution < 1.29 is 24.1 Å². The van der Waals surface area contributed by atoms with Crippen LogP contribution in [0, 0.1) is 0 Å². The van der Waals surface area contributed by atoms with Gasteiger partial charge in [-0.3, -0.25) is 4.90 Å². The highest BCUT2D eigenvalue weighted by molar-refractivity contribution is 5.61. The lowest BCUT2D eigenvalue weighted by Gasteiger charge is -2.29. The minimum absolute atomic E-state index is 0.113. The van der Waals surface area contributed by atoms with E-state index in [0.717, 1.165) is 48.7 Å². The van der Waals surface area contributed by atoms with Crippen LogP contribution < -0.4 is 14.2 Å². The Morgan fingerprint density at radius 2 is 1.84 bits per heavy atom. The average Bonchev–Trinajstić information content (AvgIpc) is 2.79. The number of carboxylic acid groups (broad SMARTS) is 1.